The highest BCUT2D eigenvalue weighted by molar-refractivity contribution is 8.00. The number of carbonyl (C=O) groups excluding carboxylic acids is 1. The predicted octanol–water partition coefficient (Wildman–Crippen LogP) is 4.30. The van der Waals surface area contributed by atoms with E-state index in [4.69, 9.17) is 0 Å². The van der Waals surface area contributed by atoms with Crippen LogP contribution >= 0.6 is 23.1 Å². The molecule has 1 aliphatic heterocycles. The van der Waals surface area contributed by atoms with Gasteiger partial charge in [0.15, 0.2) is 0 Å². The molecule has 0 atom stereocenters. The molecule has 0 N–H and O–H groups in total. The van der Waals surface area contributed by atoms with Gasteiger partial charge in [-0.2, -0.15) is 4.98 Å². The molecule has 160 valence electrons. The van der Waals surface area contributed by atoms with E-state index in [0.717, 1.165) is 66.4 Å². The summed E-state index contributed by atoms with van der Waals surface area (Å²) in [7, 11) is 0. The number of rotatable bonds is 5. The SMILES string of the molecule is O=C(CSc1nc(=O)n(Cc2cccs2)c2c1CCCC2)N1CCCc2ccccc21. The minimum absolute atomic E-state index is 0.0891. The van der Waals surface area contributed by atoms with Gasteiger partial charge in [0, 0.05) is 28.4 Å². The lowest BCUT2D eigenvalue weighted by molar-refractivity contribution is -0.116. The third kappa shape index (κ3) is 4.21. The van der Waals surface area contributed by atoms with E-state index < -0.39 is 0 Å². The van der Waals surface area contributed by atoms with E-state index in [1.807, 2.05) is 39.1 Å². The lowest BCUT2D eigenvalue weighted by Gasteiger charge is -2.29. The smallest absolute Gasteiger partial charge is 0.311 e. The van der Waals surface area contributed by atoms with Crippen molar-refractivity contribution in [2.45, 2.75) is 50.1 Å². The predicted molar refractivity (Wildman–Crippen MR) is 126 cm³/mol. The highest BCUT2D eigenvalue weighted by Gasteiger charge is 2.25. The quantitative estimate of drug-likeness (QED) is 0.429. The van der Waals surface area contributed by atoms with Crippen molar-refractivity contribution in [1.29, 1.82) is 0 Å². The van der Waals surface area contributed by atoms with E-state index in [1.165, 1.54) is 22.9 Å². The largest absolute Gasteiger partial charge is 0.349 e. The topological polar surface area (TPSA) is 55.2 Å². The third-order valence-electron chi connectivity index (χ3n) is 6.09. The summed E-state index contributed by atoms with van der Waals surface area (Å²) >= 11 is 3.09. The molecule has 0 spiro atoms. The molecule has 0 fully saturated rings. The number of fused-ring (bicyclic) bond motifs is 2. The molecule has 1 amide bonds. The van der Waals surface area contributed by atoms with Crippen LogP contribution in [0.1, 0.15) is 41.0 Å². The first-order chi connectivity index (χ1) is 15.2. The van der Waals surface area contributed by atoms with Gasteiger partial charge in [0.05, 0.1) is 12.3 Å². The minimum Gasteiger partial charge on any atom is -0.311 e. The second kappa shape index (κ2) is 9.01. The van der Waals surface area contributed by atoms with Crippen molar-refractivity contribution in [3.8, 4) is 0 Å². The lowest BCUT2D eigenvalue weighted by Crippen LogP contribution is -2.37. The van der Waals surface area contributed by atoms with E-state index >= 15 is 0 Å². The molecular weight excluding hydrogens is 426 g/mol. The zero-order valence-corrected chi connectivity index (χ0v) is 19.0. The molecule has 5 rings (SSSR count). The fourth-order valence-corrected chi connectivity index (χ4v) is 6.23. The Morgan fingerprint density at radius 1 is 1.06 bits per heavy atom. The number of aromatic nitrogens is 2. The van der Waals surface area contributed by atoms with Gasteiger partial charge in [0.1, 0.15) is 5.03 Å². The van der Waals surface area contributed by atoms with Gasteiger partial charge in [0.2, 0.25) is 5.91 Å². The van der Waals surface area contributed by atoms with Crippen LogP contribution in [-0.4, -0.2) is 27.8 Å². The fraction of sp³-hybridized carbons (Fsp3) is 0.375. The van der Waals surface area contributed by atoms with Gasteiger partial charge < -0.3 is 4.90 Å². The lowest BCUT2D eigenvalue weighted by atomic mass is 9.97. The third-order valence-corrected chi connectivity index (χ3v) is 7.95. The van der Waals surface area contributed by atoms with Crippen LogP contribution in [0.5, 0.6) is 0 Å². The Morgan fingerprint density at radius 2 is 1.94 bits per heavy atom. The molecule has 0 saturated heterocycles. The number of thiophene rings is 1. The summed E-state index contributed by atoms with van der Waals surface area (Å²) in [5.74, 6) is 0.397. The standard InChI is InChI=1S/C24H25N3O2S2/c28-22(26-13-5-8-17-7-1-3-11-20(17)26)16-31-23-19-10-2-4-12-21(19)27(24(29)25-23)15-18-9-6-14-30-18/h1,3,6-7,9,11,14H,2,4-5,8,10,12-13,15-16H2. The summed E-state index contributed by atoms with van der Waals surface area (Å²) in [6, 6.07) is 12.2. The van der Waals surface area contributed by atoms with Crippen molar-refractivity contribution in [2.24, 2.45) is 0 Å². The number of aryl methyl sites for hydroxylation is 1. The number of carbonyl (C=O) groups is 1. The molecule has 1 aromatic carbocycles. The van der Waals surface area contributed by atoms with Crippen LogP contribution in [0.2, 0.25) is 0 Å². The first-order valence-electron chi connectivity index (χ1n) is 10.9. The maximum absolute atomic E-state index is 13.1. The van der Waals surface area contributed by atoms with E-state index in [-0.39, 0.29) is 11.6 Å². The van der Waals surface area contributed by atoms with Crippen LogP contribution in [0.4, 0.5) is 5.69 Å². The normalized spacial score (nSPS) is 15.4. The van der Waals surface area contributed by atoms with Gasteiger partial charge in [-0.3, -0.25) is 9.36 Å². The summed E-state index contributed by atoms with van der Waals surface area (Å²) < 4.78 is 1.84. The van der Waals surface area contributed by atoms with Gasteiger partial charge >= 0.3 is 5.69 Å². The van der Waals surface area contributed by atoms with E-state index in [0.29, 0.717) is 12.3 Å². The second-order valence-electron chi connectivity index (χ2n) is 8.06. The highest BCUT2D eigenvalue weighted by Crippen LogP contribution is 2.31. The first kappa shape index (κ1) is 20.5. The zero-order chi connectivity index (χ0) is 21.2. The number of amides is 1. The van der Waals surface area contributed by atoms with E-state index in [1.54, 1.807) is 11.3 Å². The molecule has 31 heavy (non-hydrogen) atoms. The van der Waals surface area contributed by atoms with Crippen LogP contribution in [0.25, 0.3) is 0 Å². The van der Waals surface area contributed by atoms with Crippen molar-refractivity contribution in [3.05, 3.63) is 74.0 Å². The van der Waals surface area contributed by atoms with E-state index in [2.05, 4.69) is 17.1 Å². The zero-order valence-electron chi connectivity index (χ0n) is 17.4. The first-order valence-corrected chi connectivity index (χ1v) is 12.7. The van der Waals surface area contributed by atoms with Crippen LogP contribution in [0.15, 0.2) is 51.6 Å². The number of para-hydroxylation sites is 1. The van der Waals surface area contributed by atoms with Crippen molar-refractivity contribution in [1.82, 2.24) is 9.55 Å². The Morgan fingerprint density at radius 3 is 2.81 bits per heavy atom. The molecule has 2 aromatic heterocycles. The van der Waals surface area contributed by atoms with Gasteiger partial charge in [-0.25, -0.2) is 4.79 Å². The van der Waals surface area contributed by atoms with E-state index in [9.17, 15) is 9.59 Å². The molecule has 2 aliphatic rings. The Balaban J connectivity index is 1.38. The molecule has 0 bridgehead atoms. The van der Waals surface area contributed by atoms with Crippen molar-refractivity contribution >= 4 is 34.7 Å². The fourth-order valence-electron chi connectivity index (χ4n) is 4.59. The molecule has 5 nitrogen and oxygen atoms in total. The Labute approximate surface area is 190 Å². The van der Waals surface area contributed by atoms with Crippen LogP contribution in [0, 0.1) is 0 Å². The average molecular weight is 452 g/mol. The minimum atomic E-state index is -0.202. The monoisotopic (exact) mass is 451 g/mol. The van der Waals surface area contributed by atoms with Gasteiger partial charge in [0.25, 0.3) is 0 Å². The molecule has 1 aliphatic carbocycles. The molecule has 3 heterocycles. The number of anilines is 1. The second-order valence-corrected chi connectivity index (χ2v) is 10.1. The van der Waals surface area contributed by atoms with Crippen molar-refractivity contribution < 1.29 is 4.79 Å². The van der Waals surface area contributed by atoms with Gasteiger partial charge in [-0.1, -0.05) is 36.0 Å². The summed E-state index contributed by atoms with van der Waals surface area (Å²) in [4.78, 5) is 33.5. The Bertz CT molecular complexity index is 1150. The van der Waals surface area contributed by atoms with Crippen molar-refractivity contribution in [3.63, 3.8) is 0 Å². The summed E-state index contributed by atoms with van der Waals surface area (Å²) in [6.07, 6.45) is 6.03. The number of hydrogen-bond acceptors (Lipinski definition) is 5. The number of hydrogen-bond donors (Lipinski definition) is 0. The molecular formula is C24H25N3O2S2. The summed E-state index contributed by atoms with van der Waals surface area (Å²) in [5.41, 5.74) is 4.34. The molecule has 0 unspecified atom stereocenters. The maximum Gasteiger partial charge on any atom is 0.349 e. The summed E-state index contributed by atoms with van der Waals surface area (Å²) in [5, 5.41) is 2.79. The van der Waals surface area contributed by atoms with Crippen LogP contribution < -0.4 is 10.6 Å². The number of benzene rings is 1. The molecule has 7 heteroatoms. The molecule has 3 aromatic rings. The number of thioether (sulfide) groups is 1. The summed E-state index contributed by atoms with van der Waals surface area (Å²) in [6.45, 7) is 1.34. The highest BCUT2D eigenvalue weighted by atomic mass is 32.2. The van der Waals surface area contributed by atoms with Crippen LogP contribution in [-0.2, 0) is 30.6 Å². The number of nitrogens with zero attached hydrogens (tertiary/aromatic N) is 3. The van der Waals surface area contributed by atoms with Gasteiger partial charge in [-0.05, 0) is 61.6 Å². The molecule has 0 radical (unpaired) electrons. The van der Waals surface area contributed by atoms with Crippen molar-refractivity contribution in [2.75, 3.05) is 17.2 Å². The Kier molecular flexibility index (Phi) is 5.96. The van der Waals surface area contributed by atoms with Crippen LogP contribution in [0.3, 0.4) is 0 Å². The molecule has 0 saturated carbocycles. The van der Waals surface area contributed by atoms with Gasteiger partial charge in [-0.15, -0.1) is 11.3 Å². The Hall–Kier alpha value is -2.38. The average Bonchev–Trinajstić information content (AvgIpc) is 3.32. The maximum atomic E-state index is 13.1.